The summed E-state index contributed by atoms with van der Waals surface area (Å²) in [5, 5.41) is 20.0. The number of carboxylic acid groups (broad SMARTS) is 2. The topological polar surface area (TPSA) is 139 Å². The number of alkyl carbamates (subject to hydrolysis) is 1. The van der Waals surface area contributed by atoms with E-state index in [0.29, 0.717) is 0 Å². The number of hydrogen-bond acceptors (Lipinski definition) is 5. The van der Waals surface area contributed by atoms with Gasteiger partial charge < -0.3 is 26.0 Å². The van der Waals surface area contributed by atoms with Crippen molar-refractivity contribution in [2.75, 3.05) is 0 Å². The summed E-state index contributed by atoms with van der Waals surface area (Å²) < 4.78 is 4.94. The summed E-state index contributed by atoms with van der Waals surface area (Å²) in [7, 11) is 0. The summed E-state index contributed by atoms with van der Waals surface area (Å²) in [4.78, 5) is 33.3. The number of carboxylic acids is 2. The third-order valence-electron chi connectivity index (χ3n) is 3.13. The van der Waals surface area contributed by atoms with E-state index in [0.717, 1.165) is 5.56 Å². The van der Waals surface area contributed by atoms with Crippen LogP contribution < -0.4 is 11.1 Å². The molecule has 0 fully saturated rings. The Morgan fingerprint density at radius 3 is 2.30 bits per heavy atom. The number of nitrogens with one attached hydrogen (secondary N) is 1. The second-order valence-corrected chi connectivity index (χ2v) is 4.97. The Bertz CT molecular complexity index is 534. The zero-order valence-electron chi connectivity index (χ0n) is 12.5. The minimum Gasteiger partial charge on any atom is -0.480 e. The average molecular weight is 324 g/mol. The Kier molecular flexibility index (Phi) is 7.55. The van der Waals surface area contributed by atoms with Crippen molar-refractivity contribution in [1.82, 2.24) is 5.32 Å². The molecule has 23 heavy (non-hydrogen) atoms. The van der Waals surface area contributed by atoms with Crippen LogP contribution in [0.5, 0.6) is 0 Å². The molecule has 1 amide bonds. The van der Waals surface area contributed by atoms with E-state index in [9.17, 15) is 14.4 Å². The third kappa shape index (κ3) is 7.28. The Hall–Kier alpha value is -2.61. The second-order valence-electron chi connectivity index (χ2n) is 4.97. The van der Waals surface area contributed by atoms with E-state index in [1.165, 1.54) is 0 Å². The number of nitrogens with two attached hydrogens (primary N) is 1. The van der Waals surface area contributed by atoms with Crippen molar-refractivity contribution in [3.63, 3.8) is 0 Å². The Morgan fingerprint density at radius 1 is 1.09 bits per heavy atom. The van der Waals surface area contributed by atoms with Gasteiger partial charge in [0, 0.05) is 0 Å². The number of benzene rings is 1. The van der Waals surface area contributed by atoms with Crippen LogP contribution >= 0.6 is 0 Å². The van der Waals surface area contributed by atoms with Crippen molar-refractivity contribution in [2.45, 2.75) is 38.0 Å². The van der Waals surface area contributed by atoms with Crippen molar-refractivity contribution < 1.29 is 29.3 Å². The van der Waals surface area contributed by atoms with E-state index < -0.39 is 30.1 Å². The lowest BCUT2D eigenvalue weighted by atomic mass is 10.1. The number of rotatable bonds is 9. The van der Waals surface area contributed by atoms with Crippen LogP contribution in [0.1, 0.15) is 24.8 Å². The van der Waals surface area contributed by atoms with Gasteiger partial charge in [0.1, 0.15) is 18.7 Å². The van der Waals surface area contributed by atoms with Crippen molar-refractivity contribution in [2.24, 2.45) is 5.73 Å². The molecule has 8 heteroatoms. The normalized spacial score (nSPS) is 12.9. The number of amides is 1. The summed E-state index contributed by atoms with van der Waals surface area (Å²) >= 11 is 0. The van der Waals surface area contributed by atoms with Gasteiger partial charge >= 0.3 is 18.0 Å². The molecule has 2 atom stereocenters. The molecule has 1 rings (SSSR count). The van der Waals surface area contributed by atoms with Crippen LogP contribution in [-0.4, -0.2) is 40.3 Å². The zero-order chi connectivity index (χ0) is 17.2. The molecule has 0 aliphatic heterocycles. The van der Waals surface area contributed by atoms with Crippen LogP contribution in [0, 0.1) is 0 Å². The smallest absolute Gasteiger partial charge is 0.408 e. The SMILES string of the molecule is NC(CCCC(NC(=O)OCc1ccccc1)C(=O)O)C(=O)O. The van der Waals surface area contributed by atoms with Crippen LogP contribution in [0.25, 0.3) is 0 Å². The van der Waals surface area contributed by atoms with Crippen LogP contribution in [0.3, 0.4) is 0 Å². The number of aliphatic carboxylic acids is 2. The lowest BCUT2D eigenvalue weighted by Crippen LogP contribution is -2.41. The molecule has 2 unspecified atom stereocenters. The average Bonchev–Trinajstić information content (AvgIpc) is 2.52. The molecule has 0 radical (unpaired) electrons. The summed E-state index contributed by atoms with van der Waals surface area (Å²) in [6.07, 6.45) is -0.399. The Balaban J connectivity index is 2.38. The first-order valence-corrected chi connectivity index (χ1v) is 7.08. The fraction of sp³-hybridized carbons (Fsp3) is 0.400. The molecule has 0 aromatic heterocycles. The number of carbonyl (C=O) groups excluding carboxylic acids is 1. The van der Waals surface area contributed by atoms with Gasteiger partial charge in [-0.3, -0.25) is 4.79 Å². The summed E-state index contributed by atoms with van der Waals surface area (Å²) in [5.74, 6) is -2.36. The molecule has 126 valence electrons. The van der Waals surface area contributed by atoms with Gasteiger partial charge in [-0.15, -0.1) is 0 Å². The van der Waals surface area contributed by atoms with Gasteiger partial charge in [0.05, 0.1) is 0 Å². The van der Waals surface area contributed by atoms with E-state index in [-0.39, 0.29) is 25.9 Å². The van der Waals surface area contributed by atoms with Crippen molar-refractivity contribution in [3.05, 3.63) is 35.9 Å². The Morgan fingerprint density at radius 2 is 1.74 bits per heavy atom. The number of ether oxygens (including phenoxy) is 1. The lowest BCUT2D eigenvalue weighted by Gasteiger charge is -2.15. The predicted octanol–water partition coefficient (Wildman–Crippen LogP) is 0.948. The molecule has 0 heterocycles. The fourth-order valence-corrected chi connectivity index (χ4v) is 1.83. The first-order chi connectivity index (χ1) is 10.9. The second kappa shape index (κ2) is 9.42. The molecule has 8 nitrogen and oxygen atoms in total. The molecule has 0 aliphatic carbocycles. The van der Waals surface area contributed by atoms with Crippen LogP contribution in [0.4, 0.5) is 4.79 Å². The molecule has 0 saturated heterocycles. The molecular weight excluding hydrogens is 304 g/mol. The van der Waals surface area contributed by atoms with Crippen molar-refractivity contribution >= 4 is 18.0 Å². The number of carbonyl (C=O) groups is 3. The van der Waals surface area contributed by atoms with E-state index in [1.807, 2.05) is 6.07 Å². The van der Waals surface area contributed by atoms with Gasteiger partial charge in [-0.05, 0) is 24.8 Å². The zero-order valence-corrected chi connectivity index (χ0v) is 12.5. The van der Waals surface area contributed by atoms with Crippen LogP contribution in [-0.2, 0) is 20.9 Å². The maximum absolute atomic E-state index is 11.6. The van der Waals surface area contributed by atoms with E-state index in [4.69, 9.17) is 20.7 Å². The molecular formula is C15H20N2O6. The van der Waals surface area contributed by atoms with Gasteiger partial charge in [0.15, 0.2) is 0 Å². The van der Waals surface area contributed by atoms with Crippen molar-refractivity contribution in [1.29, 1.82) is 0 Å². The highest BCUT2D eigenvalue weighted by Gasteiger charge is 2.21. The molecule has 5 N–H and O–H groups in total. The third-order valence-corrected chi connectivity index (χ3v) is 3.13. The van der Waals surface area contributed by atoms with Crippen molar-refractivity contribution in [3.8, 4) is 0 Å². The molecule has 0 bridgehead atoms. The highest BCUT2D eigenvalue weighted by Crippen LogP contribution is 2.05. The minimum atomic E-state index is -1.22. The first kappa shape index (κ1) is 18.4. The fourth-order valence-electron chi connectivity index (χ4n) is 1.83. The quantitative estimate of drug-likeness (QED) is 0.530. The summed E-state index contributed by atoms with van der Waals surface area (Å²) in [5.41, 5.74) is 6.11. The molecule has 0 saturated carbocycles. The van der Waals surface area contributed by atoms with Gasteiger partial charge in [0.25, 0.3) is 0 Å². The number of hydrogen-bond donors (Lipinski definition) is 4. The van der Waals surface area contributed by atoms with E-state index in [2.05, 4.69) is 5.32 Å². The largest absolute Gasteiger partial charge is 0.480 e. The van der Waals surface area contributed by atoms with Gasteiger partial charge in [0.2, 0.25) is 0 Å². The van der Waals surface area contributed by atoms with E-state index in [1.54, 1.807) is 24.3 Å². The van der Waals surface area contributed by atoms with Gasteiger partial charge in [-0.25, -0.2) is 9.59 Å². The molecule has 0 spiro atoms. The first-order valence-electron chi connectivity index (χ1n) is 7.08. The van der Waals surface area contributed by atoms with Gasteiger partial charge in [-0.1, -0.05) is 30.3 Å². The Labute approximate surface area is 133 Å². The monoisotopic (exact) mass is 324 g/mol. The van der Waals surface area contributed by atoms with Gasteiger partial charge in [-0.2, -0.15) is 0 Å². The standard InChI is InChI=1S/C15H20N2O6/c16-11(13(18)19)7-4-8-12(14(20)21)17-15(22)23-9-10-5-2-1-3-6-10/h1-3,5-6,11-12H,4,7-9,16H2,(H,17,22)(H,18,19)(H,20,21). The minimum absolute atomic E-state index is 0.0307. The van der Waals surface area contributed by atoms with E-state index >= 15 is 0 Å². The maximum Gasteiger partial charge on any atom is 0.408 e. The van der Waals surface area contributed by atoms with Crippen LogP contribution in [0.15, 0.2) is 30.3 Å². The highest BCUT2D eigenvalue weighted by atomic mass is 16.5. The maximum atomic E-state index is 11.6. The lowest BCUT2D eigenvalue weighted by molar-refractivity contribution is -0.139. The van der Waals surface area contributed by atoms with Crippen LogP contribution in [0.2, 0.25) is 0 Å². The molecule has 0 aliphatic rings. The molecule has 1 aromatic carbocycles. The molecule has 1 aromatic rings. The predicted molar refractivity (Wildman–Crippen MR) is 80.6 cm³/mol. The summed E-state index contributed by atoms with van der Waals surface area (Å²) in [6, 6.07) is 6.76. The highest BCUT2D eigenvalue weighted by molar-refractivity contribution is 5.79. The summed E-state index contributed by atoms with van der Waals surface area (Å²) in [6.45, 7) is 0.0307.